The zero-order valence-corrected chi connectivity index (χ0v) is 16.9. The number of aromatic nitrogens is 2. The van der Waals surface area contributed by atoms with E-state index in [1.807, 2.05) is 5.32 Å². The van der Waals surface area contributed by atoms with Gasteiger partial charge in [-0.15, -0.1) is 0 Å². The zero-order chi connectivity index (χ0) is 24.6. The van der Waals surface area contributed by atoms with Gasteiger partial charge in [0.25, 0.3) is 5.89 Å². The maximum atomic E-state index is 14.2. The first-order valence-electron chi connectivity index (χ1n) is 8.75. The summed E-state index contributed by atoms with van der Waals surface area (Å²) >= 11 is 6.02. The van der Waals surface area contributed by atoms with Gasteiger partial charge in [-0.3, -0.25) is 4.79 Å². The molecule has 3 rings (SSSR count). The van der Waals surface area contributed by atoms with Gasteiger partial charge in [0, 0.05) is 12.5 Å². The minimum absolute atomic E-state index is 0.102. The largest absolute Gasteiger partial charge is 0.470 e. The molecule has 0 saturated carbocycles. The number of rotatable bonds is 5. The van der Waals surface area contributed by atoms with Crippen molar-refractivity contribution in [2.24, 2.45) is 0 Å². The van der Waals surface area contributed by atoms with E-state index in [1.54, 1.807) is 12.1 Å². The first kappa shape index (κ1) is 24.3. The fourth-order valence-corrected chi connectivity index (χ4v) is 2.77. The van der Waals surface area contributed by atoms with Gasteiger partial charge in [0.05, 0.1) is 16.3 Å². The molecule has 1 amide bonds. The first-order chi connectivity index (χ1) is 15.2. The molecular weight excluding hydrogens is 487 g/mol. The topological polar surface area (TPSA) is 77.3 Å². The average Bonchev–Trinajstić information content (AvgIpc) is 3.17. The number of anilines is 1. The molecule has 0 fully saturated rings. The minimum Gasteiger partial charge on any atom is -0.441 e. The maximum absolute atomic E-state index is 14.2. The van der Waals surface area contributed by atoms with Crippen LogP contribution in [0.4, 0.5) is 36.4 Å². The number of nitrogens with one attached hydrogen (secondary N) is 1. The van der Waals surface area contributed by atoms with E-state index in [4.69, 9.17) is 16.1 Å². The van der Waals surface area contributed by atoms with E-state index in [0.717, 1.165) is 19.1 Å². The van der Waals surface area contributed by atoms with Crippen LogP contribution < -0.4 is 10.1 Å². The lowest BCUT2D eigenvalue weighted by molar-refractivity contribution is -0.405. The Balaban J connectivity index is 2.08. The molecule has 1 aromatic heterocycles. The number of hydrogen-bond donors (Lipinski definition) is 1. The van der Waals surface area contributed by atoms with Crippen LogP contribution in [0.3, 0.4) is 0 Å². The van der Waals surface area contributed by atoms with E-state index >= 15 is 0 Å². The van der Waals surface area contributed by atoms with E-state index in [1.165, 1.54) is 12.1 Å². The van der Waals surface area contributed by atoms with Gasteiger partial charge in [0.15, 0.2) is 0 Å². The van der Waals surface area contributed by atoms with E-state index in [0.29, 0.717) is 11.6 Å². The quantitative estimate of drug-likeness (QED) is 0.426. The van der Waals surface area contributed by atoms with E-state index in [-0.39, 0.29) is 22.3 Å². The predicted molar refractivity (Wildman–Crippen MR) is 101 cm³/mol. The fraction of sp³-hybridized carbons (Fsp3) is 0.211. The van der Waals surface area contributed by atoms with Crippen LogP contribution >= 0.6 is 11.6 Å². The van der Waals surface area contributed by atoms with Gasteiger partial charge < -0.3 is 14.6 Å². The summed E-state index contributed by atoms with van der Waals surface area (Å²) in [6, 6.07) is 8.90. The third-order valence-corrected chi connectivity index (χ3v) is 4.39. The Morgan fingerprint density at radius 2 is 1.67 bits per heavy atom. The first-order valence-corrected chi connectivity index (χ1v) is 9.13. The number of amides is 1. The Morgan fingerprint density at radius 1 is 1.03 bits per heavy atom. The normalized spacial score (nSPS) is 12.5. The molecule has 0 aliphatic heterocycles. The van der Waals surface area contributed by atoms with Crippen molar-refractivity contribution in [2.45, 2.75) is 25.1 Å². The van der Waals surface area contributed by atoms with E-state index in [9.17, 15) is 35.5 Å². The highest BCUT2D eigenvalue weighted by molar-refractivity contribution is 6.33. The third kappa shape index (κ3) is 4.87. The van der Waals surface area contributed by atoms with Crippen LogP contribution in [-0.2, 0) is 4.79 Å². The standard InChI is InChI=1S/C19H11ClF7N3O3/c1-9(31)28-13-7-6-10(8-14(13)32-17(21,18(22,23)24)19(25,26)27)15-29-16(33-30-15)11-4-2-3-5-12(11)20/h2-8H,1H3,(H,28,31). The molecular formula is C19H11ClF7N3O3. The molecule has 0 saturated heterocycles. The van der Waals surface area contributed by atoms with Crippen LogP contribution in [0, 0.1) is 0 Å². The summed E-state index contributed by atoms with van der Waals surface area (Å²) in [5.74, 6) is -8.59. The summed E-state index contributed by atoms with van der Waals surface area (Å²) in [5, 5.41) is 5.80. The summed E-state index contributed by atoms with van der Waals surface area (Å²) < 4.78 is 101. The number of ether oxygens (including phenoxy) is 1. The lowest BCUT2D eigenvalue weighted by atomic mass is 10.1. The third-order valence-electron chi connectivity index (χ3n) is 4.06. The van der Waals surface area contributed by atoms with Crippen molar-refractivity contribution in [3.05, 3.63) is 47.5 Å². The van der Waals surface area contributed by atoms with Crippen molar-refractivity contribution in [3.63, 3.8) is 0 Å². The monoisotopic (exact) mass is 497 g/mol. The molecule has 176 valence electrons. The Morgan fingerprint density at radius 3 is 2.24 bits per heavy atom. The molecule has 0 spiro atoms. The Labute approximate surface area is 185 Å². The molecule has 0 unspecified atom stereocenters. The van der Waals surface area contributed by atoms with Crippen molar-refractivity contribution in [2.75, 3.05) is 5.32 Å². The zero-order valence-electron chi connectivity index (χ0n) is 16.2. The highest BCUT2D eigenvalue weighted by Crippen LogP contribution is 2.48. The molecule has 2 aromatic carbocycles. The molecule has 33 heavy (non-hydrogen) atoms. The van der Waals surface area contributed by atoms with Crippen LogP contribution in [-0.4, -0.2) is 34.3 Å². The molecule has 0 atom stereocenters. The van der Waals surface area contributed by atoms with Crippen LogP contribution in [0.1, 0.15) is 6.92 Å². The number of carbonyl (C=O) groups is 1. The van der Waals surface area contributed by atoms with E-state index in [2.05, 4.69) is 14.9 Å². The Hall–Kier alpha value is -3.35. The van der Waals surface area contributed by atoms with Crippen molar-refractivity contribution >= 4 is 23.2 Å². The van der Waals surface area contributed by atoms with Gasteiger partial charge in [-0.2, -0.15) is 35.7 Å². The highest BCUT2D eigenvalue weighted by Gasteiger charge is 2.76. The summed E-state index contributed by atoms with van der Waals surface area (Å²) in [6.45, 7) is 0.934. The second-order valence-electron chi connectivity index (χ2n) is 6.49. The molecule has 1 N–H and O–H groups in total. The molecule has 1 heterocycles. The van der Waals surface area contributed by atoms with Gasteiger partial charge in [-0.25, -0.2) is 0 Å². The summed E-state index contributed by atoms with van der Waals surface area (Å²) in [4.78, 5) is 15.3. The van der Waals surface area contributed by atoms with Crippen molar-refractivity contribution in [3.8, 4) is 28.6 Å². The molecule has 0 aliphatic carbocycles. The molecule has 0 bridgehead atoms. The molecule has 3 aromatic rings. The predicted octanol–water partition coefficient (Wildman–Crippen LogP) is 6.18. The summed E-state index contributed by atoms with van der Waals surface area (Å²) in [7, 11) is 0. The maximum Gasteiger partial charge on any atom is 0.470 e. The Bertz CT molecular complexity index is 1160. The number of hydrogen-bond acceptors (Lipinski definition) is 5. The van der Waals surface area contributed by atoms with Gasteiger partial charge >= 0.3 is 18.2 Å². The fourth-order valence-electron chi connectivity index (χ4n) is 2.55. The van der Waals surface area contributed by atoms with Gasteiger partial charge in [0.1, 0.15) is 5.75 Å². The molecule has 0 aliphatic rings. The van der Waals surface area contributed by atoms with Crippen LogP contribution in [0.5, 0.6) is 5.75 Å². The van der Waals surface area contributed by atoms with Crippen molar-refractivity contribution in [1.82, 2.24) is 10.1 Å². The number of benzene rings is 2. The van der Waals surface area contributed by atoms with Gasteiger partial charge in [-0.05, 0) is 30.3 Å². The average molecular weight is 498 g/mol. The van der Waals surface area contributed by atoms with Gasteiger partial charge in [0.2, 0.25) is 11.7 Å². The van der Waals surface area contributed by atoms with Crippen LogP contribution in [0.25, 0.3) is 22.8 Å². The van der Waals surface area contributed by atoms with Gasteiger partial charge in [-0.1, -0.05) is 28.9 Å². The molecule has 14 heteroatoms. The number of nitrogens with zero attached hydrogens (tertiary/aromatic N) is 2. The molecule has 6 nitrogen and oxygen atoms in total. The Kier molecular flexibility index (Phi) is 6.29. The lowest BCUT2D eigenvalue weighted by Crippen LogP contribution is -2.57. The number of carbonyl (C=O) groups excluding carboxylic acids is 1. The second kappa shape index (κ2) is 8.54. The minimum atomic E-state index is -6.49. The van der Waals surface area contributed by atoms with Crippen LogP contribution in [0.15, 0.2) is 47.0 Å². The lowest BCUT2D eigenvalue weighted by Gasteiger charge is -2.30. The summed E-state index contributed by atoms with van der Waals surface area (Å²) in [6.07, 6.45) is -13.0. The second-order valence-corrected chi connectivity index (χ2v) is 6.90. The molecule has 0 radical (unpaired) electrons. The number of alkyl halides is 7. The summed E-state index contributed by atoms with van der Waals surface area (Å²) in [5.41, 5.74) is -0.550. The highest BCUT2D eigenvalue weighted by atomic mass is 35.5. The SMILES string of the molecule is CC(=O)Nc1ccc(-c2noc(-c3ccccc3Cl)n2)cc1OC(F)(C(F)(F)F)C(F)(F)F. The van der Waals surface area contributed by atoms with Crippen LogP contribution in [0.2, 0.25) is 5.02 Å². The van der Waals surface area contributed by atoms with Crippen molar-refractivity contribution in [1.29, 1.82) is 0 Å². The number of halogens is 8. The smallest absolute Gasteiger partial charge is 0.441 e. The van der Waals surface area contributed by atoms with Crippen molar-refractivity contribution < 1.29 is 44.8 Å². The van der Waals surface area contributed by atoms with E-state index < -0.39 is 35.6 Å².